The molecule has 1 saturated heterocycles. The van der Waals surface area contributed by atoms with Crippen LogP contribution in [0.25, 0.3) is 11.0 Å². The molecule has 1 atom stereocenters. The summed E-state index contributed by atoms with van der Waals surface area (Å²) in [6.07, 6.45) is 3.97. The standard InChI is InChI=1S/C32H40N2O6/c1-4-6-7-17-39-26-12-10-23(21-27(26)38-5-2)29-28-30(35)24-20-22(3)9-11-25(24)40-31(28)32(36)34(29)14-8-13-33-15-18-37-19-16-33/h9-12,20-21,29H,4-8,13-19H2,1-3H3. The first-order valence-corrected chi connectivity index (χ1v) is 14.6. The van der Waals surface area contributed by atoms with E-state index >= 15 is 0 Å². The monoisotopic (exact) mass is 548 g/mol. The summed E-state index contributed by atoms with van der Waals surface area (Å²) in [7, 11) is 0. The molecule has 40 heavy (non-hydrogen) atoms. The quantitative estimate of drug-likeness (QED) is 0.283. The number of rotatable bonds is 12. The second-order valence-corrected chi connectivity index (χ2v) is 10.6. The van der Waals surface area contributed by atoms with E-state index in [0.717, 1.165) is 69.7 Å². The van der Waals surface area contributed by atoms with Gasteiger partial charge in [0.15, 0.2) is 16.9 Å². The van der Waals surface area contributed by atoms with Gasteiger partial charge in [0.05, 0.1) is 43.4 Å². The van der Waals surface area contributed by atoms with Crippen LogP contribution in [0.2, 0.25) is 0 Å². The van der Waals surface area contributed by atoms with Gasteiger partial charge < -0.3 is 23.5 Å². The number of benzene rings is 2. The number of hydrogen-bond acceptors (Lipinski definition) is 7. The molecule has 1 aromatic heterocycles. The number of amides is 1. The average Bonchev–Trinajstić information content (AvgIpc) is 3.24. The van der Waals surface area contributed by atoms with Gasteiger partial charge in [0, 0.05) is 26.2 Å². The second kappa shape index (κ2) is 12.9. The van der Waals surface area contributed by atoms with Crippen LogP contribution in [0.3, 0.4) is 0 Å². The summed E-state index contributed by atoms with van der Waals surface area (Å²) in [6, 6.07) is 10.7. The van der Waals surface area contributed by atoms with Crippen LogP contribution in [-0.4, -0.2) is 68.3 Å². The summed E-state index contributed by atoms with van der Waals surface area (Å²) < 4.78 is 23.6. The van der Waals surface area contributed by atoms with Crippen LogP contribution in [-0.2, 0) is 4.74 Å². The van der Waals surface area contributed by atoms with Crippen molar-refractivity contribution < 1.29 is 23.4 Å². The molecule has 0 bridgehead atoms. The minimum Gasteiger partial charge on any atom is -0.490 e. The van der Waals surface area contributed by atoms with Gasteiger partial charge in [0.25, 0.3) is 5.91 Å². The number of ether oxygens (including phenoxy) is 3. The molecular weight excluding hydrogens is 508 g/mol. The van der Waals surface area contributed by atoms with Crippen LogP contribution in [0.5, 0.6) is 11.5 Å². The van der Waals surface area contributed by atoms with Gasteiger partial charge in [-0.1, -0.05) is 37.5 Å². The van der Waals surface area contributed by atoms with Crippen molar-refractivity contribution in [3.8, 4) is 11.5 Å². The van der Waals surface area contributed by atoms with Crippen LogP contribution >= 0.6 is 0 Å². The molecule has 2 aromatic carbocycles. The summed E-state index contributed by atoms with van der Waals surface area (Å²) in [6.45, 7) is 11.7. The lowest BCUT2D eigenvalue weighted by molar-refractivity contribution is 0.0353. The zero-order valence-electron chi connectivity index (χ0n) is 23.9. The van der Waals surface area contributed by atoms with Gasteiger partial charge in [-0.25, -0.2) is 0 Å². The Morgan fingerprint density at radius 1 is 0.925 bits per heavy atom. The highest BCUT2D eigenvalue weighted by atomic mass is 16.5. The van der Waals surface area contributed by atoms with E-state index in [-0.39, 0.29) is 17.1 Å². The fraction of sp³-hybridized carbons (Fsp3) is 0.500. The second-order valence-electron chi connectivity index (χ2n) is 10.6. The maximum absolute atomic E-state index is 13.9. The lowest BCUT2D eigenvalue weighted by atomic mass is 9.97. The molecular formula is C32H40N2O6. The summed E-state index contributed by atoms with van der Waals surface area (Å²) >= 11 is 0. The van der Waals surface area contributed by atoms with Crippen molar-refractivity contribution in [3.63, 3.8) is 0 Å². The number of carbonyl (C=O) groups excluding carboxylic acids is 1. The molecule has 1 amide bonds. The molecule has 8 heteroatoms. The smallest absolute Gasteiger partial charge is 0.290 e. The Balaban J connectivity index is 1.52. The molecule has 0 spiro atoms. The van der Waals surface area contributed by atoms with Gasteiger partial charge in [-0.2, -0.15) is 0 Å². The molecule has 1 fully saturated rings. The largest absolute Gasteiger partial charge is 0.490 e. The van der Waals surface area contributed by atoms with Crippen molar-refractivity contribution in [2.24, 2.45) is 0 Å². The van der Waals surface area contributed by atoms with Gasteiger partial charge in [0.2, 0.25) is 5.76 Å². The van der Waals surface area contributed by atoms with E-state index in [1.54, 1.807) is 11.0 Å². The Morgan fingerprint density at radius 2 is 1.75 bits per heavy atom. The normalized spacial score (nSPS) is 17.4. The van der Waals surface area contributed by atoms with Crippen LogP contribution in [0.1, 0.15) is 72.8 Å². The van der Waals surface area contributed by atoms with Crippen molar-refractivity contribution in [1.29, 1.82) is 0 Å². The molecule has 2 aliphatic rings. The molecule has 5 rings (SSSR count). The van der Waals surface area contributed by atoms with Crippen molar-refractivity contribution in [1.82, 2.24) is 9.80 Å². The van der Waals surface area contributed by atoms with E-state index < -0.39 is 6.04 Å². The summed E-state index contributed by atoms with van der Waals surface area (Å²) in [4.78, 5) is 31.9. The van der Waals surface area contributed by atoms with Gasteiger partial charge in [0.1, 0.15) is 5.58 Å². The lowest BCUT2D eigenvalue weighted by Crippen LogP contribution is -2.38. The number of fused-ring (bicyclic) bond motifs is 2. The zero-order chi connectivity index (χ0) is 28.1. The fourth-order valence-corrected chi connectivity index (χ4v) is 5.62. The Kier molecular flexibility index (Phi) is 9.07. The minimum atomic E-state index is -0.568. The Labute approximate surface area is 235 Å². The van der Waals surface area contributed by atoms with Crippen LogP contribution in [0, 0.1) is 6.92 Å². The maximum atomic E-state index is 13.9. The number of nitrogens with zero attached hydrogens (tertiary/aromatic N) is 2. The zero-order valence-corrected chi connectivity index (χ0v) is 23.9. The average molecular weight is 549 g/mol. The molecule has 0 N–H and O–H groups in total. The molecule has 3 heterocycles. The first-order valence-electron chi connectivity index (χ1n) is 14.6. The minimum absolute atomic E-state index is 0.135. The first kappa shape index (κ1) is 28.2. The van der Waals surface area contributed by atoms with Gasteiger partial charge in [-0.15, -0.1) is 0 Å². The Bertz CT molecular complexity index is 1390. The van der Waals surface area contributed by atoms with Crippen LogP contribution < -0.4 is 14.9 Å². The maximum Gasteiger partial charge on any atom is 0.290 e. The molecule has 0 aliphatic carbocycles. The molecule has 1 unspecified atom stereocenters. The summed E-state index contributed by atoms with van der Waals surface area (Å²) in [5.74, 6) is 1.17. The topological polar surface area (TPSA) is 81.5 Å². The van der Waals surface area contributed by atoms with Crippen molar-refractivity contribution in [2.45, 2.75) is 52.5 Å². The predicted molar refractivity (Wildman–Crippen MR) is 155 cm³/mol. The summed E-state index contributed by atoms with van der Waals surface area (Å²) in [5, 5.41) is 0.493. The Hall–Kier alpha value is -3.36. The van der Waals surface area contributed by atoms with E-state index in [1.807, 2.05) is 44.2 Å². The van der Waals surface area contributed by atoms with Gasteiger partial charge in [-0.3, -0.25) is 14.5 Å². The SMILES string of the molecule is CCCCCOc1ccc(C2c3c(oc4ccc(C)cc4c3=O)C(=O)N2CCCN2CCOCC2)cc1OCC. The van der Waals surface area contributed by atoms with E-state index in [9.17, 15) is 9.59 Å². The highest BCUT2D eigenvalue weighted by Gasteiger charge is 2.42. The van der Waals surface area contributed by atoms with E-state index in [0.29, 0.717) is 47.8 Å². The molecule has 2 aliphatic heterocycles. The van der Waals surface area contributed by atoms with Crippen molar-refractivity contribution in [2.75, 3.05) is 52.6 Å². The molecule has 0 saturated carbocycles. The third kappa shape index (κ3) is 5.88. The highest BCUT2D eigenvalue weighted by Crippen LogP contribution is 2.41. The number of aryl methyl sites for hydroxylation is 1. The first-order chi connectivity index (χ1) is 19.5. The molecule has 8 nitrogen and oxygen atoms in total. The number of morpholine rings is 1. The van der Waals surface area contributed by atoms with E-state index in [4.69, 9.17) is 18.6 Å². The number of hydrogen-bond donors (Lipinski definition) is 0. The van der Waals surface area contributed by atoms with E-state index in [2.05, 4.69) is 11.8 Å². The molecule has 214 valence electrons. The molecule has 0 radical (unpaired) electrons. The Morgan fingerprint density at radius 3 is 2.52 bits per heavy atom. The van der Waals surface area contributed by atoms with Crippen molar-refractivity contribution in [3.05, 3.63) is 69.1 Å². The van der Waals surface area contributed by atoms with E-state index in [1.165, 1.54) is 0 Å². The highest BCUT2D eigenvalue weighted by molar-refractivity contribution is 5.99. The third-order valence-electron chi connectivity index (χ3n) is 7.69. The number of unbranched alkanes of at least 4 members (excludes halogenated alkanes) is 2. The fourth-order valence-electron chi connectivity index (χ4n) is 5.62. The van der Waals surface area contributed by atoms with Crippen LogP contribution in [0.15, 0.2) is 45.6 Å². The van der Waals surface area contributed by atoms with Crippen LogP contribution in [0.4, 0.5) is 0 Å². The third-order valence-corrected chi connectivity index (χ3v) is 7.69. The van der Waals surface area contributed by atoms with Gasteiger partial charge in [-0.05, 0) is 56.5 Å². The lowest BCUT2D eigenvalue weighted by Gasteiger charge is -2.29. The van der Waals surface area contributed by atoms with Crippen molar-refractivity contribution >= 4 is 16.9 Å². The predicted octanol–water partition coefficient (Wildman–Crippen LogP) is 5.34. The summed E-state index contributed by atoms with van der Waals surface area (Å²) in [5.41, 5.74) is 2.44. The number of carbonyl (C=O) groups is 1. The van der Waals surface area contributed by atoms with Gasteiger partial charge >= 0.3 is 0 Å². The molecule has 3 aromatic rings.